The third-order valence-corrected chi connectivity index (χ3v) is 5.65. The van der Waals surface area contributed by atoms with E-state index in [4.69, 9.17) is 14.9 Å². The minimum atomic E-state index is -0.951. The molecule has 25 heavy (non-hydrogen) atoms. The first-order valence-electron chi connectivity index (χ1n) is 8.91. The lowest BCUT2D eigenvalue weighted by atomic mass is 9.79. The Balaban J connectivity index is 1.91. The first-order valence-corrected chi connectivity index (χ1v) is 8.91. The number of carboxylic acid groups (broad SMARTS) is 2. The van der Waals surface area contributed by atoms with Crippen molar-refractivity contribution in [2.24, 2.45) is 10.8 Å². The van der Waals surface area contributed by atoms with Crippen molar-refractivity contribution in [1.82, 2.24) is 0 Å². The van der Waals surface area contributed by atoms with Gasteiger partial charge in [-0.3, -0.25) is 19.2 Å². The Morgan fingerprint density at radius 2 is 0.960 bits per heavy atom. The predicted molar refractivity (Wildman–Crippen MR) is 86.6 cm³/mol. The molecule has 0 heterocycles. The fourth-order valence-corrected chi connectivity index (χ4v) is 4.54. The molecular formula is C18H26O7. The van der Waals surface area contributed by atoms with Crippen molar-refractivity contribution in [2.45, 2.75) is 77.0 Å². The quantitative estimate of drug-likeness (QED) is 0.508. The molecule has 0 atom stereocenters. The van der Waals surface area contributed by atoms with E-state index in [1.807, 2.05) is 0 Å². The van der Waals surface area contributed by atoms with Crippen molar-refractivity contribution in [2.75, 3.05) is 0 Å². The van der Waals surface area contributed by atoms with Crippen LogP contribution in [-0.2, 0) is 23.9 Å². The van der Waals surface area contributed by atoms with E-state index in [1.54, 1.807) is 0 Å². The SMILES string of the molecule is O=C(O)CC1(CC(=O)OC(=O)CC2(CC(=O)O)CCCC2)CCCC1. The van der Waals surface area contributed by atoms with Crippen molar-refractivity contribution < 1.29 is 34.1 Å². The molecule has 0 aromatic rings. The van der Waals surface area contributed by atoms with Gasteiger partial charge in [0.1, 0.15) is 0 Å². The Morgan fingerprint density at radius 1 is 0.640 bits per heavy atom. The number of ether oxygens (including phenoxy) is 1. The molecule has 0 amide bonds. The summed E-state index contributed by atoms with van der Waals surface area (Å²) in [5, 5.41) is 18.1. The molecule has 0 bridgehead atoms. The van der Waals surface area contributed by atoms with Crippen LogP contribution in [0.2, 0.25) is 0 Å². The molecule has 2 saturated carbocycles. The highest BCUT2D eigenvalue weighted by molar-refractivity contribution is 5.86. The molecule has 2 fully saturated rings. The summed E-state index contributed by atoms with van der Waals surface area (Å²) in [5.41, 5.74) is -1.23. The van der Waals surface area contributed by atoms with Crippen LogP contribution in [-0.4, -0.2) is 34.1 Å². The summed E-state index contributed by atoms with van der Waals surface area (Å²) in [4.78, 5) is 46.4. The lowest BCUT2D eigenvalue weighted by molar-refractivity contribution is -0.163. The summed E-state index contributed by atoms with van der Waals surface area (Å²) in [6.07, 6.45) is 5.72. The largest absolute Gasteiger partial charge is 0.481 e. The Kier molecular flexibility index (Phi) is 6.19. The van der Waals surface area contributed by atoms with Crippen molar-refractivity contribution in [3.63, 3.8) is 0 Å². The maximum absolute atomic E-state index is 12.1. The van der Waals surface area contributed by atoms with Gasteiger partial charge >= 0.3 is 23.9 Å². The zero-order valence-corrected chi connectivity index (χ0v) is 14.4. The van der Waals surface area contributed by atoms with Crippen molar-refractivity contribution in [3.05, 3.63) is 0 Å². The summed E-state index contributed by atoms with van der Waals surface area (Å²) in [6.45, 7) is 0. The second kappa shape index (κ2) is 7.97. The molecule has 0 aromatic heterocycles. The van der Waals surface area contributed by atoms with E-state index < -0.39 is 34.7 Å². The molecular weight excluding hydrogens is 328 g/mol. The minimum absolute atomic E-state index is 0.0724. The Labute approximate surface area is 146 Å². The van der Waals surface area contributed by atoms with Gasteiger partial charge in [0, 0.05) is 0 Å². The van der Waals surface area contributed by atoms with Gasteiger partial charge in [-0.25, -0.2) is 0 Å². The van der Waals surface area contributed by atoms with Crippen LogP contribution in [0.15, 0.2) is 0 Å². The highest BCUT2D eigenvalue weighted by atomic mass is 16.6. The van der Waals surface area contributed by atoms with Crippen molar-refractivity contribution >= 4 is 23.9 Å². The Bertz CT molecular complexity index is 492. The number of carbonyl (C=O) groups excluding carboxylic acids is 2. The van der Waals surface area contributed by atoms with Gasteiger partial charge in [0.2, 0.25) is 0 Å². The molecule has 2 N–H and O–H groups in total. The number of carbonyl (C=O) groups is 4. The van der Waals surface area contributed by atoms with Crippen LogP contribution in [0.5, 0.6) is 0 Å². The highest BCUT2D eigenvalue weighted by Gasteiger charge is 2.41. The predicted octanol–water partition coefficient (Wildman–Crippen LogP) is 2.91. The van der Waals surface area contributed by atoms with Crippen LogP contribution in [0.25, 0.3) is 0 Å². The molecule has 2 aliphatic carbocycles. The van der Waals surface area contributed by atoms with Gasteiger partial charge < -0.3 is 14.9 Å². The number of esters is 2. The zero-order chi connectivity index (χ0) is 18.5. The van der Waals surface area contributed by atoms with E-state index >= 15 is 0 Å². The molecule has 0 radical (unpaired) electrons. The molecule has 7 nitrogen and oxygen atoms in total. The molecule has 0 aromatic carbocycles. The van der Waals surface area contributed by atoms with Crippen LogP contribution in [0.1, 0.15) is 77.0 Å². The average molecular weight is 354 g/mol. The van der Waals surface area contributed by atoms with Crippen LogP contribution in [0, 0.1) is 10.8 Å². The van der Waals surface area contributed by atoms with Gasteiger partial charge in [-0.1, -0.05) is 25.7 Å². The molecule has 140 valence electrons. The van der Waals surface area contributed by atoms with E-state index in [0.717, 1.165) is 25.7 Å². The van der Waals surface area contributed by atoms with Crippen LogP contribution in [0.4, 0.5) is 0 Å². The second-order valence-corrected chi connectivity index (χ2v) is 7.75. The van der Waals surface area contributed by atoms with Gasteiger partial charge in [0.05, 0.1) is 25.7 Å². The maximum atomic E-state index is 12.1. The minimum Gasteiger partial charge on any atom is -0.481 e. The number of hydrogen-bond donors (Lipinski definition) is 2. The third-order valence-electron chi connectivity index (χ3n) is 5.65. The normalized spacial score (nSPS) is 21.0. The number of hydrogen-bond acceptors (Lipinski definition) is 5. The Morgan fingerprint density at radius 3 is 1.24 bits per heavy atom. The molecule has 2 aliphatic rings. The van der Waals surface area contributed by atoms with Crippen LogP contribution >= 0.6 is 0 Å². The van der Waals surface area contributed by atoms with E-state index in [0.29, 0.717) is 25.7 Å². The molecule has 0 unspecified atom stereocenters. The van der Waals surface area contributed by atoms with E-state index in [9.17, 15) is 19.2 Å². The molecule has 0 saturated heterocycles. The standard InChI is InChI=1S/C18H26O7/c19-13(20)9-17(5-1-2-6-17)11-15(23)25-16(24)12-18(10-14(21)22)7-3-4-8-18/h1-12H2,(H,19,20)(H,21,22). The summed E-state index contributed by atoms with van der Waals surface area (Å²) in [5.74, 6) is -3.30. The maximum Gasteiger partial charge on any atom is 0.314 e. The summed E-state index contributed by atoms with van der Waals surface area (Å²) < 4.78 is 4.92. The summed E-state index contributed by atoms with van der Waals surface area (Å²) in [7, 11) is 0. The van der Waals surface area contributed by atoms with Gasteiger partial charge in [-0.2, -0.15) is 0 Å². The van der Waals surface area contributed by atoms with Gasteiger partial charge in [0.15, 0.2) is 0 Å². The lowest BCUT2D eigenvalue weighted by Gasteiger charge is -2.27. The van der Waals surface area contributed by atoms with E-state index in [1.165, 1.54) is 0 Å². The lowest BCUT2D eigenvalue weighted by Crippen LogP contribution is -2.29. The monoisotopic (exact) mass is 354 g/mol. The first kappa shape index (κ1) is 19.4. The zero-order valence-electron chi connectivity index (χ0n) is 14.4. The van der Waals surface area contributed by atoms with Gasteiger partial charge in [-0.05, 0) is 36.5 Å². The Hall–Kier alpha value is -1.92. The smallest absolute Gasteiger partial charge is 0.314 e. The van der Waals surface area contributed by atoms with Gasteiger partial charge in [0.25, 0.3) is 0 Å². The topological polar surface area (TPSA) is 118 Å². The first-order chi connectivity index (χ1) is 11.7. The van der Waals surface area contributed by atoms with E-state index in [-0.39, 0.29) is 25.7 Å². The van der Waals surface area contributed by atoms with Crippen LogP contribution in [0.3, 0.4) is 0 Å². The molecule has 0 aliphatic heterocycles. The van der Waals surface area contributed by atoms with E-state index in [2.05, 4.69) is 0 Å². The van der Waals surface area contributed by atoms with Crippen LogP contribution < -0.4 is 0 Å². The van der Waals surface area contributed by atoms with Gasteiger partial charge in [-0.15, -0.1) is 0 Å². The number of carboxylic acids is 2. The third kappa shape index (κ3) is 5.54. The van der Waals surface area contributed by atoms with Crippen molar-refractivity contribution in [3.8, 4) is 0 Å². The fraction of sp³-hybridized carbons (Fsp3) is 0.778. The molecule has 0 spiro atoms. The highest BCUT2D eigenvalue weighted by Crippen LogP contribution is 2.45. The number of rotatable bonds is 8. The second-order valence-electron chi connectivity index (χ2n) is 7.75. The summed E-state index contributed by atoms with van der Waals surface area (Å²) in [6, 6.07) is 0. The van der Waals surface area contributed by atoms with Crippen molar-refractivity contribution in [1.29, 1.82) is 0 Å². The molecule has 2 rings (SSSR count). The number of aliphatic carboxylic acids is 2. The average Bonchev–Trinajstić information content (AvgIpc) is 3.07. The summed E-state index contributed by atoms with van der Waals surface area (Å²) >= 11 is 0. The fourth-order valence-electron chi connectivity index (χ4n) is 4.54. The molecule has 7 heteroatoms.